The van der Waals surface area contributed by atoms with Crippen LogP contribution in [0.15, 0.2) is 24.4 Å². The van der Waals surface area contributed by atoms with Gasteiger partial charge in [-0.05, 0) is 55.5 Å². The first kappa shape index (κ1) is 23.2. The van der Waals surface area contributed by atoms with Crippen molar-refractivity contribution in [3.8, 4) is 17.1 Å². The topological polar surface area (TPSA) is 83.3 Å². The number of hydrogen-bond acceptors (Lipinski definition) is 6. The van der Waals surface area contributed by atoms with E-state index in [2.05, 4.69) is 29.5 Å². The highest BCUT2D eigenvalue weighted by atomic mass is 32.2. The molecule has 0 radical (unpaired) electrons. The summed E-state index contributed by atoms with van der Waals surface area (Å²) in [4.78, 5) is 9.64. The zero-order valence-corrected chi connectivity index (χ0v) is 20.1. The minimum absolute atomic E-state index is 0.0910. The second kappa shape index (κ2) is 8.96. The Labute approximate surface area is 184 Å². The van der Waals surface area contributed by atoms with Gasteiger partial charge >= 0.3 is 0 Å². The van der Waals surface area contributed by atoms with Crippen molar-refractivity contribution in [3.05, 3.63) is 41.2 Å². The molecule has 31 heavy (non-hydrogen) atoms. The van der Waals surface area contributed by atoms with E-state index in [4.69, 9.17) is 13.9 Å². The lowest BCUT2D eigenvalue weighted by Gasteiger charge is -2.18. The molecule has 8 heteroatoms. The van der Waals surface area contributed by atoms with E-state index in [1.54, 1.807) is 7.11 Å². The molecule has 168 valence electrons. The van der Waals surface area contributed by atoms with E-state index < -0.39 is 10.1 Å². The van der Waals surface area contributed by atoms with Gasteiger partial charge in [-0.3, -0.25) is 4.18 Å². The summed E-state index contributed by atoms with van der Waals surface area (Å²) in [7, 11) is -1.88. The van der Waals surface area contributed by atoms with Crippen molar-refractivity contribution < 1.29 is 17.3 Å². The molecule has 3 heterocycles. The van der Waals surface area contributed by atoms with Gasteiger partial charge in [0, 0.05) is 11.9 Å². The highest BCUT2D eigenvalue weighted by Crippen LogP contribution is 2.34. The molecule has 3 aromatic heterocycles. The molecule has 3 rings (SSSR count). The maximum absolute atomic E-state index is 11.5. The first-order valence-electron chi connectivity index (χ1n) is 10.4. The van der Waals surface area contributed by atoms with Crippen molar-refractivity contribution in [1.82, 2.24) is 14.5 Å². The van der Waals surface area contributed by atoms with Crippen LogP contribution in [0.3, 0.4) is 0 Å². The monoisotopic (exact) mass is 445 g/mol. The van der Waals surface area contributed by atoms with Gasteiger partial charge in [-0.15, -0.1) is 0 Å². The zero-order valence-electron chi connectivity index (χ0n) is 19.3. The van der Waals surface area contributed by atoms with Crippen molar-refractivity contribution in [2.24, 2.45) is 0 Å². The summed E-state index contributed by atoms with van der Waals surface area (Å²) in [6.45, 7) is 10.3. The fraction of sp³-hybridized carbons (Fsp3) is 0.478. The Morgan fingerprint density at radius 2 is 1.84 bits per heavy atom. The van der Waals surface area contributed by atoms with E-state index in [-0.39, 0.29) is 12.6 Å². The summed E-state index contributed by atoms with van der Waals surface area (Å²) >= 11 is 0. The maximum Gasteiger partial charge on any atom is 0.264 e. The van der Waals surface area contributed by atoms with Gasteiger partial charge in [-0.2, -0.15) is 8.42 Å². The molecule has 7 nitrogen and oxygen atoms in total. The number of ether oxygens (including phenoxy) is 1. The number of hydrogen-bond donors (Lipinski definition) is 0. The van der Waals surface area contributed by atoms with Crippen LogP contribution in [-0.2, 0) is 14.3 Å². The second-order valence-electron chi connectivity index (χ2n) is 8.24. The smallest absolute Gasteiger partial charge is 0.264 e. The number of fused-ring (bicyclic) bond motifs is 1. The number of pyridine rings is 2. The molecule has 0 aromatic carbocycles. The number of methoxy groups -OCH3 is 1. The summed E-state index contributed by atoms with van der Waals surface area (Å²) in [5, 5.41) is 0. The molecule has 0 aliphatic heterocycles. The van der Waals surface area contributed by atoms with Gasteiger partial charge in [0.2, 0.25) is 5.88 Å². The van der Waals surface area contributed by atoms with Crippen molar-refractivity contribution in [2.75, 3.05) is 20.0 Å². The third kappa shape index (κ3) is 4.91. The zero-order chi connectivity index (χ0) is 22.9. The normalized spacial score (nSPS) is 13.2. The molecule has 3 aromatic rings. The highest BCUT2D eigenvalue weighted by Gasteiger charge is 2.20. The third-order valence-corrected chi connectivity index (χ3v) is 6.00. The Bertz CT molecular complexity index is 1200. The molecule has 0 spiro atoms. The van der Waals surface area contributed by atoms with E-state index in [9.17, 15) is 8.42 Å². The summed E-state index contributed by atoms with van der Waals surface area (Å²) in [5.74, 6) is 0.863. The van der Waals surface area contributed by atoms with Crippen LogP contribution in [0.4, 0.5) is 0 Å². The lowest BCUT2D eigenvalue weighted by molar-refractivity contribution is 0.256. The lowest BCUT2D eigenvalue weighted by atomic mass is 10.0. The number of nitrogens with zero attached hydrogens (tertiary/aromatic N) is 3. The predicted molar refractivity (Wildman–Crippen MR) is 123 cm³/mol. The molecule has 0 saturated carbocycles. The van der Waals surface area contributed by atoms with Gasteiger partial charge in [0.25, 0.3) is 10.1 Å². The maximum atomic E-state index is 11.5. The minimum atomic E-state index is -3.50. The van der Waals surface area contributed by atoms with Crippen molar-refractivity contribution in [3.63, 3.8) is 0 Å². The van der Waals surface area contributed by atoms with Crippen molar-refractivity contribution >= 4 is 21.2 Å². The van der Waals surface area contributed by atoms with E-state index in [0.29, 0.717) is 11.8 Å². The van der Waals surface area contributed by atoms with Gasteiger partial charge in [-0.25, -0.2) is 9.97 Å². The molecular formula is C23H31N3O4S. The van der Waals surface area contributed by atoms with Crippen molar-refractivity contribution in [2.45, 2.75) is 53.0 Å². The summed E-state index contributed by atoms with van der Waals surface area (Å²) in [6, 6.07) is 6.01. The fourth-order valence-corrected chi connectivity index (χ4v) is 4.11. The van der Waals surface area contributed by atoms with Crippen LogP contribution in [0.2, 0.25) is 0 Å². The Balaban J connectivity index is 2.11. The third-order valence-electron chi connectivity index (χ3n) is 5.44. The standard InChI is InChI=1S/C23H31N3O4S/c1-8-17(13-30-31(7,27)28)26-12-16(5)22-20(26)11-15(4)21(25-22)18-9-10-19(14(2)3)24-23(18)29-6/h9-12,14,17H,8,13H2,1-7H3. The van der Waals surface area contributed by atoms with E-state index >= 15 is 0 Å². The Morgan fingerprint density at radius 3 is 2.42 bits per heavy atom. The molecule has 0 fully saturated rings. The van der Waals surface area contributed by atoms with Crippen LogP contribution in [0.25, 0.3) is 22.3 Å². The van der Waals surface area contributed by atoms with E-state index in [1.165, 1.54) is 0 Å². The van der Waals surface area contributed by atoms with Crippen LogP contribution < -0.4 is 4.74 Å². The first-order chi connectivity index (χ1) is 14.6. The van der Waals surface area contributed by atoms with Gasteiger partial charge < -0.3 is 9.30 Å². The summed E-state index contributed by atoms with van der Waals surface area (Å²) in [5.41, 5.74) is 6.47. The molecule has 1 unspecified atom stereocenters. The fourth-order valence-electron chi connectivity index (χ4n) is 3.71. The SMILES string of the molecule is CCC(COS(C)(=O)=O)n1cc(C)c2nc(-c3ccc(C(C)C)nc3OC)c(C)cc21. The van der Waals surface area contributed by atoms with Gasteiger partial charge in [-0.1, -0.05) is 20.8 Å². The second-order valence-corrected chi connectivity index (χ2v) is 9.88. The minimum Gasteiger partial charge on any atom is -0.480 e. The van der Waals surface area contributed by atoms with Gasteiger partial charge in [0.15, 0.2) is 0 Å². The largest absolute Gasteiger partial charge is 0.480 e. The van der Waals surface area contributed by atoms with Gasteiger partial charge in [0.05, 0.1) is 48.3 Å². The van der Waals surface area contributed by atoms with E-state index in [0.717, 1.165) is 51.8 Å². The summed E-state index contributed by atoms with van der Waals surface area (Å²) < 4.78 is 35.7. The molecule has 1 atom stereocenters. The number of aromatic nitrogens is 3. The quantitative estimate of drug-likeness (QED) is 0.464. The van der Waals surface area contributed by atoms with E-state index in [1.807, 2.05) is 39.1 Å². The first-order valence-corrected chi connectivity index (χ1v) is 12.3. The van der Waals surface area contributed by atoms with Crippen LogP contribution in [0, 0.1) is 13.8 Å². The average Bonchev–Trinajstić information content (AvgIpc) is 3.02. The molecular weight excluding hydrogens is 414 g/mol. The number of rotatable bonds is 8. The Hall–Kier alpha value is -2.45. The highest BCUT2D eigenvalue weighted by molar-refractivity contribution is 7.85. The summed E-state index contributed by atoms with van der Waals surface area (Å²) in [6.07, 6.45) is 3.81. The van der Waals surface area contributed by atoms with Crippen LogP contribution in [0.1, 0.15) is 56.0 Å². The van der Waals surface area contributed by atoms with Crippen LogP contribution >= 0.6 is 0 Å². The molecule has 0 aliphatic carbocycles. The predicted octanol–water partition coefficient (Wildman–Crippen LogP) is 4.77. The molecule has 0 saturated heterocycles. The number of aryl methyl sites for hydroxylation is 2. The molecule has 0 bridgehead atoms. The Kier molecular flexibility index (Phi) is 6.71. The lowest BCUT2D eigenvalue weighted by Crippen LogP contribution is -2.17. The molecule has 0 N–H and O–H groups in total. The van der Waals surface area contributed by atoms with Crippen LogP contribution in [-0.4, -0.2) is 42.9 Å². The van der Waals surface area contributed by atoms with Crippen LogP contribution in [0.5, 0.6) is 5.88 Å². The average molecular weight is 446 g/mol. The molecule has 0 aliphatic rings. The van der Waals surface area contributed by atoms with Crippen molar-refractivity contribution in [1.29, 1.82) is 0 Å². The molecule has 0 amide bonds. The van der Waals surface area contributed by atoms with Gasteiger partial charge in [0.1, 0.15) is 0 Å². The Morgan fingerprint density at radius 1 is 1.13 bits per heavy atom.